The average molecular weight is 236 g/mol. The summed E-state index contributed by atoms with van der Waals surface area (Å²) in [6.07, 6.45) is 0.969. The van der Waals surface area contributed by atoms with Crippen molar-refractivity contribution < 1.29 is 9.84 Å². The van der Waals surface area contributed by atoms with Crippen LogP contribution in [0.4, 0.5) is 0 Å². The summed E-state index contributed by atoms with van der Waals surface area (Å²) in [6, 6.07) is 1.77. The summed E-state index contributed by atoms with van der Waals surface area (Å²) in [7, 11) is 5.15. The van der Waals surface area contributed by atoms with E-state index in [2.05, 4.69) is 10.2 Å². The van der Waals surface area contributed by atoms with Gasteiger partial charge in [-0.15, -0.1) is 0 Å². The lowest BCUT2D eigenvalue weighted by Gasteiger charge is -2.09. The molecule has 1 atom stereocenters. The van der Waals surface area contributed by atoms with E-state index in [1.165, 1.54) is 0 Å². The van der Waals surface area contributed by atoms with E-state index in [-0.39, 0.29) is 0 Å². The Balaban J connectivity index is 2.46. The number of ether oxygens (including phenoxy) is 1. The molecule has 2 heterocycles. The Morgan fingerprint density at radius 2 is 2.06 bits per heavy atom. The molecule has 6 nitrogen and oxygen atoms in total. The SMILES string of the molecule is COc1c(C(O)c2ccn(C)n2)c(C)nn1C. The normalized spacial score (nSPS) is 12.8. The van der Waals surface area contributed by atoms with Gasteiger partial charge in [-0.2, -0.15) is 10.2 Å². The molecule has 2 aromatic heterocycles. The predicted molar refractivity (Wildman–Crippen MR) is 61.8 cm³/mol. The molecule has 0 amide bonds. The summed E-state index contributed by atoms with van der Waals surface area (Å²) >= 11 is 0. The number of aliphatic hydroxyl groups is 1. The Bertz CT molecular complexity index is 530. The lowest BCUT2D eigenvalue weighted by atomic mass is 10.1. The molecule has 2 aromatic rings. The van der Waals surface area contributed by atoms with E-state index in [1.807, 2.05) is 14.0 Å². The van der Waals surface area contributed by atoms with E-state index in [4.69, 9.17) is 4.74 Å². The van der Waals surface area contributed by atoms with Gasteiger partial charge in [-0.1, -0.05) is 0 Å². The minimum absolute atomic E-state index is 0.556. The van der Waals surface area contributed by atoms with E-state index in [0.29, 0.717) is 17.1 Å². The maximum atomic E-state index is 10.3. The number of aryl methyl sites for hydroxylation is 3. The second-order valence-corrected chi connectivity index (χ2v) is 3.95. The number of rotatable bonds is 3. The first-order chi connectivity index (χ1) is 8.04. The van der Waals surface area contributed by atoms with Crippen molar-refractivity contribution in [2.24, 2.45) is 14.1 Å². The molecule has 2 rings (SSSR count). The summed E-state index contributed by atoms with van der Waals surface area (Å²) in [5.41, 5.74) is 1.98. The van der Waals surface area contributed by atoms with Gasteiger partial charge < -0.3 is 9.84 Å². The molecule has 0 aliphatic heterocycles. The second kappa shape index (κ2) is 4.21. The van der Waals surface area contributed by atoms with E-state index in [9.17, 15) is 5.11 Å². The second-order valence-electron chi connectivity index (χ2n) is 3.95. The van der Waals surface area contributed by atoms with Crippen molar-refractivity contribution in [3.8, 4) is 5.88 Å². The van der Waals surface area contributed by atoms with Gasteiger partial charge in [0, 0.05) is 20.3 Å². The van der Waals surface area contributed by atoms with Crippen LogP contribution in [0.5, 0.6) is 5.88 Å². The number of nitrogens with zero attached hydrogens (tertiary/aromatic N) is 4. The number of hydrogen-bond acceptors (Lipinski definition) is 4. The molecule has 0 spiro atoms. The molecule has 1 unspecified atom stereocenters. The summed E-state index contributed by atoms with van der Waals surface area (Å²) < 4.78 is 8.51. The van der Waals surface area contributed by atoms with Crippen molar-refractivity contribution in [3.05, 3.63) is 29.2 Å². The van der Waals surface area contributed by atoms with Crippen molar-refractivity contribution >= 4 is 0 Å². The highest BCUT2D eigenvalue weighted by atomic mass is 16.5. The third-order valence-electron chi connectivity index (χ3n) is 2.70. The minimum atomic E-state index is -0.820. The van der Waals surface area contributed by atoms with Crippen LogP contribution in [0.15, 0.2) is 12.3 Å². The Kier molecular flexibility index (Phi) is 2.89. The summed E-state index contributed by atoms with van der Waals surface area (Å²) in [4.78, 5) is 0. The van der Waals surface area contributed by atoms with E-state index in [1.54, 1.807) is 35.8 Å². The minimum Gasteiger partial charge on any atom is -0.481 e. The monoisotopic (exact) mass is 236 g/mol. The first kappa shape index (κ1) is 11.7. The standard InChI is InChI=1S/C11H16N4O2/c1-7-9(11(17-4)15(3)12-7)10(16)8-5-6-14(2)13-8/h5-6,10,16H,1-4H3. The highest BCUT2D eigenvalue weighted by Crippen LogP contribution is 2.31. The van der Waals surface area contributed by atoms with E-state index >= 15 is 0 Å². The van der Waals surface area contributed by atoms with Crippen LogP contribution < -0.4 is 4.74 Å². The molecule has 0 radical (unpaired) electrons. The molecule has 6 heteroatoms. The molecular weight excluding hydrogens is 220 g/mol. The molecule has 0 fully saturated rings. The molecule has 92 valence electrons. The van der Waals surface area contributed by atoms with Gasteiger partial charge in [0.05, 0.1) is 24.1 Å². The quantitative estimate of drug-likeness (QED) is 0.845. The lowest BCUT2D eigenvalue weighted by Crippen LogP contribution is -2.05. The van der Waals surface area contributed by atoms with Crippen molar-refractivity contribution in [1.29, 1.82) is 0 Å². The van der Waals surface area contributed by atoms with E-state index in [0.717, 1.165) is 5.69 Å². The Morgan fingerprint density at radius 1 is 1.35 bits per heavy atom. The molecule has 0 saturated heterocycles. The third kappa shape index (κ3) is 1.91. The van der Waals surface area contributed by atoms with Gasteiger partial charge >= 0.3 is 0 Å². The van der Waals surface area contributed by atoms with E-state index < -0.39 is 6.10 Å². The van der Waals surface area contributed by atoms with Crippen LogP contribution >= 0.6 is 0 Å². The maximum absolute atomic E-state index is 10.3. The van der Waals surface area contributed by atoms with Gasteiger partial charge in [-0.05, 0) is 13.0 Å². The molecule has 0 saturated carbocycles. The molecule has 17 heavy (non-hydrogen) atoms. The summed E-state index contributed by atoms with van der Waals surface area (Å²) in [5.74, 6) is 0.556. The van der Waals surface area contributed by atoms with Crippen molar-refractivity contribution in [3.63, 3.8) is 0 Å². The van der Waals surface area contributed by atoms with Crippen molar-refractivity contribution in [2.45, 2.75) is 13.0 Å². The van der Waals surface area contributed by atoms with Gasteiger partial charge in [-0.25, -0.2) is 4.68 Å². The van der Waals surface area contributed by atoms with Crippen molar-refractivity contribution in [1.82, 2.24) is 19.6 Å². The Labute approximate surface area is 99.4 Å². The maximum Gasteiger partial charge on any atom is 0.217 e. The lowest BCUT2D eigenvalue weighted by molar-refractivity contribution is 0.207. The number of hydrogen-bond donors (Lipinski definition) is 1. The van der Waals surface area contributed by atoms with Crippen LogP contribution in [0.1, 0.15) is 23.1 Å². The van der Waals surface area contributed by atoms with Gasteiger partial charge in [0.1, 0.15) is 6.10 Å². The third-order valence-corrected chi connectivity index (χ3v) is 2.70. The fraction of sp³-hybridized carbons (Fsp3) is 0.455. The largest absolute Gasteiger partial charge is 0.481 e. The highest BCUT2D eigenvalue weighted by molar-refractivity contribution is 5.37. The molecule has 0 bridgehead atoms. The number of methoxy groups -OCH3 is 1. The van der Waals surface area contributed by atoms with Gasteiger partial charge in [0.25, 0.3) is 0 Å². The predicted octanol–water partition coefficient (Wildman–Crippen LogP) is 0.552. The summed E-state index contributed by atoms with van der Waals surface area (Å²) in [6.45, 7) is 1.84. The van der Waals surface area contributed by atoms with Gasteiger partial charge in [0.15, 0.2) is 0 Å². The van der Waals surface area contributed by atoms with Crippen LogP contribution in [-0.2, 0) is 14.1 Å². The average Bonchev–Trinajstić information content (AvgIpc) is 2.81. The fourth-order valence-corrected chi connectivity index (χ4v) is 1.94. The smallest absolute Gasteiger partial charge is 0.217 e. The molecule has 0 aromatic carbocycles. The van der Waals surface area contributed by atoms with Gasteiger partial charge in [0.2, 0.25) is 5.88 Å². The van der Waals surface area contributed by atoms with Crippen LogP contribution in [0, 0.1) is 6.92 Å². The van der Waals surface area contributed by atoms with Crippen LogP contribution in [-0.4, -0.2) is 31.8 Å². The zero-order valence-electron chi connectivity index (χ0n) is 10.4. The number of aliphatic hydroxyl groups excluding tert-OH is 1. The first-order valence-corrected chi connectivity index (χ1v) is 5.29. The highest BCUT2D eigenvalue weighted by Gasteiger charge is 2.24. The molecular formula is C11H16N4O2. The zero-order chi connectivity index (χ0) is 12.6. The molecule has 0 aliphatic rings. The number of aromatic nitrogens is 4. The Morgan fingerprint density at radius 3 is 2.59 bits per heavy atom. The zero-order valence-corrected chi connectivity index (χ0v) is 10.4. The Hall–Kier alpha value is -1.82. The molecule has 1 N–H and O–H groups in total. The first-order valence-electron chi connectivity index (χ1n) is 5.29. The molecule has 0 aliphatic carbocycles. The van der Waals surface area contributed by atoms with Crippen LogP contribution in [0.3, 0.4) is 0 Å². The van der Waals surface area contributed by atoms with Crippen LogP contribution in [0.2, 0.25) is 0 Å². The fourth-order valence-electron chi connectivity index (χ4n) is 1.94. The topological polar surface area (TPSA) is 65.1 Å². The van der Waals surface area contributed by atoms with Crippen LogP contribution in [0.25, 0.3) is 0 Å². The van der Waals surface area contributed by atoms with Crippen molar-refractivity contribution in [2.75, 3.05) is 7.11 Å². The van der Waals surface area contributed by atoms with Gasteiger partial charge in [-0.3, -0.25) is 4.68 Å². The summed E-state index contributed by atoms with van der Waals surface area (Å²) in [5, 5.41) is 18.7.